The third-order valence-electron chi connectivity index (χ3n) is 4.23. The monoisotopic (exact) mass is 319 g/mol. The minimum absolute atomic E-state index is 0.00208. The third kappa shape index (κ3) is 3.33. The number of para-hydroxylation sites is 1. The summed E-state index contributed by atoms with van der Waals surface area (Å²) in [4.78, 5) is 24.3. The van der Waals surface area contributed by atoms with Crippen molar-refractivity contribution in [2.24, 2.45) is 5.41 Å². The molecule has 0 spiro atoms. The predicted octanol–water partition coefficient (Wildman–Crippen LogP) is 3.28. The van der Waals surface area contributed by atoms with Crippen molar-refractivity contribution in [2.45, 2.75) is 59.3 Å². The lowest BCUT2D eigenvalue weighted by Crippen LogP contribution is -2.69. The van der Waals surface area contributed by atoms with Crippen molar-refractivity contribution in [3.05, 3.63) is 29.8 Å². The Hall–Kier alpha value is -2.04. The molecule has 2 rings (SSSR count). The second-order valence-electron chi connectivity index (χ2n) is 6.83. The first-order chi connectivity index (χ1) is 10.7. The summed E-state index contributed by atoms with van der Waals surface area (Å²) in [6.07, 6.45) is 0.956. The Bertz CT molecular complexity index is 599. The number of hydrogen-bond donors (Lipinski definition) is 1. The van der Waals surface area contributed by atoms with Gasteiger partial charge < -0.3 is 14.8 Å². The number of rotatable bonds is 5. The number of hydrogen-bond acceptors (Lipinski definition) is 4. The number of β-lactam (4-membered cyclic amide) rings is 1. The predicted molar refractivity (Wildman–Crippen MR) is 87.2 cm³/mol. The smallest absolute Gasteiger partial charge is 0.342 e. The van der Waals surface area contributed by atoms with Crippen LogP contribution in [-0.2, 0) is 9.53 Å². The van der Waals surface area contributed by atoms with Crippen LogP contribution in [0.5, 0.6) is 5.75 Å². The molecule has 1 aromatic rings. The third-order valence-corrected chi connectivity index (χ3v) is 4.23. The lowest BCUT2D eigenvalue weighted by molar-refractivity contribution is -0.161. The lowest BCUT2D eigenvalue weighted by Gasteiger charge is -2.47. The Labute approximate surface area is 137 Å². The van der Waals surface area contributed by atoms with Crippen molar-refractivity contribution < 1.29 is 19.1 Å². The van der Waals surface area contributed by atoms with Crippen LogP contribution in [0, 0.1) is 5.41 Å². The summed E-state index contributed by atoms with van der Waals surface area (Å²) in [5, 5.41) is 2.79. The summed E-state index contributed by atoms with van der Waals surface area (Å²) >= 11 is 0. The maximum atomic E-state index is 12.3. The summed E-state index contributed by atoms with van der Waals surface area (Å²) in [5.74, 6) is -0.00220. The molecule has 1 fully saturated rings. The van der Waals surface area contributed by atoms with Gasteiger partial charge in [0.05, 0.1) is 0 Å². The number of nitrogens with one attached hydrogen (secondary N) is 1. The SMILES string of the molecule is CCC1(CC)C(=O)NC1Oc1ccccc1C(=O)OC(C)(C)C. The van der Waals surface area contributed by atoms with Gasteiger partial charge >= 0.3 is 5.97 Å². The maximum Gasteiger partial charge on any atom is 0.342 e. The molecule has 0 saturated carbocycles. The molecular formula is C18H25NO4. The Morgan fingerprint density at radius 3 is 2.35 bits per heavy atom. The lowest BCUT2D eigenvalue weighted by atomic mass is 9.73. The van der Waals surface area contributed by atoms with Crippen LogP contribution < -0.4 is 10.1 Å². The Balaban J connectivity index is 2.22. The Morgan fingerprint density at radius 1 is 1.22 bits per heavy atom. The van der Waals surface area contributed by atoms with E-state index in [0.717, 1.165) is 0 Å². The van der Waals surface area contributed by atoms with Gasteiger partial charge in [-0.3, -0.25) is 4.79 Å². The zero-order valence-corrected chi connectivity index (χ0v) is 14.4. The summed E-state index contributed by atoms with van der Waals surface area (Å²) in [5.41, 5.74) is -0.739. The molecule has 1 saturated heterocycles. The highest BCUT2D eigenvalue weighted by atomic mass is 16.6. The van der Waals surface area contributed by atoms with Gasteiger partial charge in [-0.05, 0) is 45.7 Å². The fourth-order valence-corrected chi connectivity index (χ4v) is 2.72. The van der Waals surface area contributed by atoms with Crippen LogP contribution in [0.15, 0.2) is 24.3 Å². The van der Waals surface area contributed by atoms with Crippen molar-refractivity contribution in [1.29, 1.82) is 0 Å². The van der Waals surface area contributed by atoms with E-state index >= 15 is 0 Å². The van der Waals surface area contributed by atoms with Crippen molar-refractivity contribution in [3.8, 4) is 5.75 Å². The van der Waals surface area contributed by atoms with Crippen molar-refractivity contribution in [2.75, 3.05) is 0 Å². The average molecular weight is 319 g/mol. The summed E-state index contributed by atoms with van der Waals surface area (Å²) in [6.45, 7) is 9.40. The van der Waals surface area contributed by atoms with Gasteiger partial charge in [0.1, 0.15) is 22.3 Å². The second kappa shape index (κ2) is 6.22. The zero-order valence-electron chi connectivity index (χ0n) is 14.4. The van der Waals surface area contributed by atoms with Crippen LogP contribution in [0.3, 0.4) is 0 Å². The van der Waals surface area contributed by atoms with Gasteiger partial charge in [-0.2, -0.15) is 0 Å². The van der Waals surface area contributed by atoms with Crippen LogP contribution in [0.2, 0.25) is 0 Å². The fraction of sp³-hybridized carbons (Fsp3) is 0.556. The quantitative estimate of drug-likeness (QED) is 0.668. The van der Waals surface area contributed by atoms with Crippen LogP contribution in [0.25, 0.3) is 0 Å². The van der Waals surface area contributed by atoms with Gasteiger partial charge in [0.2, 0.25) is 5.91 Å². The van der Waals surface area contributed by atoms with Gasteiger partial charge in [0.25, 0.3) is 0 Å². The van der Waals surface area contributed by atoms with E-state index in [2.05, 4.69) is 5.32 Å². The minimum Gasteiger partial charge on any atom is -0.469 e. The highest BCUT2D eigenvalue weighted by Gasteiger charge is 2.54. The molecule has 1 aliphatic heterocycles. The minimum atomic E-state index is -0.578. The summed E-state index contributed by atoms with van der Waals surface area (Å²) in [7, 11) is 0. The first-order valence-corrected chi connectivity index (χ1v) is 8.03. The van der Waals surface area contributed by atoms with E-state index in [4.69, 9.17) is 9.47 Å². The first-order valence-electron chi connectivity index (χ1n) is 8.03. The number of carbonyl (C=O) groups is 2. The molecule has 1 N–H and O–H groups in total. The Kier molecular flexibility index (Phi) is 4.68. The molecule has 1 aromatic carbocycles. The highest BCUT2D eigenvalue weighted by molar-refractivity contribution is 5.93. The number of ether oxygens (including phenoxy) is 2. The average Bonchev–Trinajstić information content (AvgIpc) is 2.47. The van der Waals surface area contributed by atoms with Crippen molar-refractivity contribution >= 4 is 11.9 Å². The topological polar surface area (TPSA) is 64.6 Å². The fourth-order valence-electron chi connectivity index (χ4n) is 2.72. The van der Waals surface area contributed by atoms with E-state index in [1.54, 1.807) is 24.3 Å². The molecular weight excluding hydrogens is 294 g/mol. The summed E-state index contributed by atoms with van der Waals surface area (Å²) in [6, 6.07) is 6.95. The molecule has 1 aliphatic rings. The van der Waals surface area contributed by atoms with E-state index in [1.165, 1.54) is 0 Å². The zero-order chi connectivity index (χ0) is 17.3. The highest BCUT2D eigenvalue weighted by Crippen LogP contribution is 2.39. The van der Waals surface area contributed by atoms with Gasteiger partial charge in [0, 0.05) is 0 Å². The van der Waals surface area contributed by atoms with E-state index < -0.39 is 23.2 Å². The van der Waals surface area contributed by atoms with Crippen LogP contribution in [-0.4, -0.2) is 23.7 Å². The van der Waals surface area contributed by atoms with E-state index in [0.29, 0.717) is 24.2 Å². The number of esters is 1. The second-order valence-corrected chi connectivity index (χ2v) is 6.83. The van der Waals surface area contributed by atoms with Crippen molar-refractivity contribution in [1.82, 2.24) is 5.32 Å². The van der Waals surface area contributed by atoms with E-state index in [-0.39, 0.29) is 5.91 Å². The van der Waals surface area contributed by atoms with Crippen molar-refractivity contribution in [3.63, 3.8) is 0 Å². The van der Waals surface area contributed by atoms with Gasteiger partial charge in [-0.15, -0.1) is 0 Å². The summed E-state index contributed by atoms with van der Waals surface area (Å²) < 4.78 is 11.4. The molecule has 5 nitrogen and oxygen atoms in total. The number of carbonyl (C=O) groups excluding carboxylic acids is 2. The first kappa shape index (κ1) is 17.3. The largest absolute Gasteiger partial charge is 0.469 e. The van der Waals surface area contributed by atoms with E-state index in [1.807, 2.05) is 34.6 Å². The number of benzene rings is 1. The molecule has 1 unspecified atom stereocenters. The molecule has 1 atom stereocenters. The van der Waals surface area contributed by atoms with Gasteiger partial charge in [-0.1, -0.05) is 26.0 Å². The molecule has 1 heterocycles. The Morgan fingerprint density at radius 2 is 1.83 bits per heavy atom. The van der Waals surface area contributed by atoms with Gasteiger partial charge in [0.15, 0.2) is 6.23 Å². The molecule has 0 aromatic heterocycles. The molecule has 126 valence electrons. The molecule has 1 amide bonds. The molecule has 23 heavy (non-hydrogen) atoms. The molecule has 0 radical (unpaired) electrons. The maximum absolute atomic E-state index is 12.3. The van der Waals surface area contributed by atoms with Crippen LogP contribution >= 0.6 is 0 Å². The molecule has 0 bridgehead atoms. The standard InChI is InChI=1S/C18H25NO4/c1-6-18(7-2)15(21)19-16(18)22-13-11-9-8-10-12(13)14(20)23-17(3,4)5/h8-11,16H,6-7H2,1-5H3,(H,19,21). The van der Waals surface area contributed by atoms with Crippen LogP contribution in [0.1, 0.15) is 57.8 Å². The van der Waals surface area contributed by atoms with Gasteiger partial charge in [-0.25, -0.2) is 4.79 Å². The number of amides is 1. The molecule has 0 aliphatic carbocycles. The van der Waals surface area contributed by atoms with E-state index in [9.17, 15) is 9.59 Å². The molecule has 5 heteroatoms. The normalized spacial score (nSPS) is 19.5. The van der Waals surface area contributed by atoms with Crippen LogP contribution in [0.4, 0.5) is 0 Å².